The number of hydrogen-bond acceptors (Lipinski definition) is 4. The van der Waals surface area contributed by atoms with Gasteiger partial charge in [0.25, 0.3) is 0 Å². The Hall–Kier alpha value is -3.77. The maximum atomic E-state index is 12.3. The molecule has 2 aromatic carbocycles. The molecule has 0 saturated carbocycles. The van der Waals surface area contributed by atoms with E-state index in [9.17, 15) is 14.7 Å². The molecular weight excluding hydrogens is 476 g/mol. The van der Waals surface area contributed by atoms with Crippen LogP contribution in [0.3, 0.4) is 0 Å². The molecule has 0 N–H and O–H groups in total. The Morgan fingerprint density at radius 3 is 2.43 bits per heavy atom. The average Bonchev–Trinajstić information content (AvgIpc) is 2.82. The SMILES string of the molecule is C=C[Si]1(C)C2=CC(=[N+]3CCC3)C=CC2=C(c2cc(C(C)=O)ccc2C(=O)[O-])c2ccc(N3CCC3)cc21. The molecule has 37 heavy (non-hydrogen) atoms. The van der Waals surface area contributed by atoms with Gasteiger partial charge in [-0.25, -0.2) is 4.58 Å². The fraction of sp³-hybridized carbons (Fsp3) is 0.258. The van der Waals surface area contributed by atoms with E-state index in [-0.39, 0.29) is 11.3 Å². The van der Waals surface area contributed by atoms with Crippen LogP contribution in [-0.4, -0.2) is 56.3 Å². The van der Waals surface area contributed by atoms with Crippen molar-refractivity contribution in [3.05, 3.63) is 99.9 Å². The van der Waals surface area contributed by atoms with Gasteiger partial charge in [-0.1, -0.05) is 30.4 Å². The molecule has 0 aromatic heterocycles. The molecule has 6 rings (SSSR count). The summed E-state index contributed by atoms with van der Waals surface area (Å²) in [4.78, 5) is 27.0. The molecule has 2 aromatic rings. The molecule has 2 fully saturated rings. The highest BCUT2D eigenvalue weighted by molar-refractivity contribution is 7.02. The Balaban J connectivity index is 1.69. The number of benzene rings is 2. The van der Waals surface area contributed by atoms with Crippen molar-refractivity contribution in [3.8, 4) is 0 Å². The van der Waals surface area contributed by atoms with Crippen LogP contribution in [0.1, 0.15) is 51.6 Å². The first-order chi connectivity index (χ1) is 17.8. The lowest BCUT2D eigenvalue weighted by Gasteiger charge is -2.40. The van der Waals surface area contributed by atoms with Gasteiger partial charge in [0.2, 0.25) is 0 Å². The van der Waals surface area contributed by atoms with Crippen LogP contribution >= 0.6 is 0 Å². The number of rotatable bonds is 5. The van der Waals surface area contributed by atoms with Gasteiger partial charge in [0.15, 0.2) is 11.5 Å². The maximum absolute atomic E-state index is 12.3. The van der Waals surface area contributed by atoms with Crippen molar-refractivity contribution in [2.24, 2.45) is 0 Å². The summed E-state index contributed by atoms with van der Waals surface area (Å²) in [6, 6.07) is 11.4. The summed E-state index contributed by atoms with van der Waals surface area (Å²) in [6.07, 6.45) is 8.97. The first-order valence-electron chi connectivity index (χ1n) is 13.0. The Kier molecular flexibility index (Phi) is 5.53. The number of aromatic carboxylic acids is 1. The summed E-state index contributed by atoms with van der Waals surface area (Å²) in [7, 11) is -2.38. The minimum Gasteiger partial charge on any atom is -0.545 e. The molecule has 0 amide bonds. The van der Waals surface area contributed by atoms with Crippen molar-refractivity contribution in [1.29, 1.82) is 0 Å². The van der Waals surface area contributed by atoms with Gasteiger partial charge >= 0.3 is 0 Å². The highest BCUT2D eigenvalue weighted by Gasteiger charge is 2.43. The Labute approximate surface area is 218 Å². The van der Waals surface area contributed by atoms with Crippen molar-refractivity contribution < 1.29 is 19.3 Å². The second-order valence-corrected chi connectivity index (χ2v) is 14.4. The van der Waals surface area contributed by atoms with Crippen LogP contribution in [0.15, 0.2) is 77.7 Å². The summed E-state index contributed by atoms with van der Waals surface area (Å²) in [5.41, 5.74) is 8.55. The molecule has 4 aliphatic rings. The number of Topliss-reactive ketones (excluding diaryl/α,β-unsaturated/α-hetero) is 1. The third-order valence-corrected chi connectivity index (χ3v) is 12.3. The Bertz CT molecular complexity index is 1520. The van der Waals surface area contributed by atoms with Crippen LogP contribution in [-0.2, 0) is 0 Å². The van der Waals surface area contributed by atoms with Crippen molar-refractivity contribution in [2.45, 2.75) is 26.3 Å². The molecule has 6 heteroatoms. The fourth-order valence-corrected chi connectivity index (χ4v) is 9.01. The zero-order valence-electron chi connectivity index (χ0n) is 21.3. The van der Waals surface area contributed by atoms with Crippen molar-refractivity contribution >= 4 is 42.0 Å². The normalized spacial score (nSPS) is 22.0. The van der Waals surface area contributed by atoms with Crippen molar-refractivity contribution in [3.63, 3.8) is 0 Å². The molecule has 2 saturated heterocycles. The summed E-state index contributed by atoms with van der Waals surface area (Å²) >= 11 is 0. The average molecular weight is 507 g/mol. The highest BCUT2D eigenvalue weighted by atomic mass is 28.3. The number of fused-ring (bicyclic) bond motifs is 2. The van der Waals surface area contributed by atoms with Gasteiger partial charge in [0.1, 0.15) is 21.2 Å². The van der Waals surface area contributed by atoms with Crippen LogP contribution in [0.2, 0.25) is 6.55 Å². The molecule has 3 aliphatic heterocycles. The Morgan fingerprint density at radius 1 is 1.05 bits per heavy atom. The minimum atomic E-state index is -2.38. The molecule has 0 spiro atoms. The monoisotopic (exact) mass is 506 g/mol. The second kappa shape index (κ2) is 8.66. The van der Waals surface area contributed by atoms with E-state index >= 15 is 0 Å². The molecule has 1 unspecified atom stereocenters. The van der Waals surface area contributed by atoms with Gasteiger partial charge in [-0.15, -0.1) is 6.58 Å². The zero-order chi connectivity index (χ0) is 25.9. The second-order valence-electron chi connectivity index (χ2n) is 10.5. The maximum Gasteiger partial charge on any atom is 0.199 e. The molecular formula is C31H30N2O3Si. The largest absolute Gasteiger partial charge is 0.545 e. The number of carboxylic acids is 1. The minimum absolute atomic E-state index is 0.0967. The number of allylic oxidation sites excluding steroid dienone is 5. The van der Waals surface area contributed by atoms with E-state index in [4.69, 9.17) is 0 Å². The zero-order valence-corrected chi connectivity index (χ0v) is 22.3. The number of hydrogen-bond donors (Lipinski definition) is 0. The standard InChI is InChI=1S/C31H30N2O3Si/c1-4-37(3)28-18-22(32-13-5-14-32)8-11-25(28)30(26-12-9-23(19-29(26)37)33-15-6-16-33)27-17-21(20(2)34)7-10-24(27)31(35)36/h4,7-12,17-19H,1,5-6,13-16H2,2-3H3. The van der Waals surface area contributed by atoms with E-state index in [1.54, 1.807) is 12.1 Å². The number of carboxylic acid groups (broad SMARTS) is 1. The van der Waals surface area contributed by atoms with Gasteiger partial charge in [-0.05, 0) is 70.3 Å². The third kappa shape index (κ3) is 3.62. The van der Waals surface area contributed by atoms with Crippen LogP contribution < -0.4 is 15.2 Å². The molecule has 3 heterocycles. The predicted octanol–water partition coefficient (Wildman–Crippen LogP) is 3.18. The first-order valence-corrected chi connectivity index (χ1v) is 15.6. The molecule has 0 radical (unpaired) electrons. The summed E-state index contributed by atoms with van der Waals surface area (Å²) < 4.78 is 2.38. The van der Waals surface area contributed by atoms with Gasteiger partial charge < -0.3 is 14.8 Å². The van der Waals surface area contributed by atoms with Crippen LogP contribution in [0.4, 0.5) is 5.69 Å². The van der Waals surface area contributed by atoms with Crippen LogP contribution in [0.25, 0.3) is 5.57 Å². The van der Waals surface area contributed by atoms with E-state index in [2.05, 4.69) is 64.7 Å². The number of carbonyl (C=O) groups is 2. The lowest BCUT2D eigenvalue weighted by atomic mass is 9.86. The lowest BCUT2D eigenvalue weighted by Crippen LogP contribution is -2.51. The van der Waals surface area contributed by atoms with Crippen molar-refractivity contribution in [1.82, 2.24) is 0 Å². The third-order valence-electron chi connectivity index (χ3n) is 8.43. The number of nitrogens with zero attached hydrogens (tertiary/aromatic N) is 2. The van der Waals surface area contributed by atoms with E-state index in [1.165, 1.54) is 47.6 Å². The molecule has 1 aliphatic carbocycles. The van der Waals surface area contributed by atoms with Gasteiger partial charge in [-0.3, -0.25) is 4.79 Å². The molecule has 1 atom stereocenters. The molecule has 0 bridgehead atoms. The molecule has 5 nitrogen and oxygen atoms in total. The van der Waals surface area contributed by atoms with Crippen LogP contribution in [0, 0.1) is 0 Å². The van der Waals surface area contributed by atoms with Gasteiger partial charge in [0, 0.05) is 42.1 Å². The fourth-order valence-electron chi connectivity index (χ4n) is 5.85. The highest BCUT2D eigenvalue weighted by Crippen LogP contribution is 2.43. The summed E-state index contributed by atoms with van der Waals surface area (Å²) in [5, 5.41) is 14.8. The summed E-state index contributed by atoms with van der Waals surface area (Å²) in [6.45, 7) is 12.4. The lowest BCUT2D eigenvalue weighted by molar-refractivity contribution is -0.582. The number of ketones is 1. The summed E-state index contributed by atoms with van der Waals surface area (Å²) in [5.74, 6) is -1.35. The van der Waals surface area contributed by atoms with E-state index < -0.39 is 14.0 Å². The quantitative estimate of drug-likeness (QED) is 0.355. The van der Waals surface area contributed by atoms with Gasteiger partial charge in [0.05, 0.1) is 12.4 Å². The first kappa shape index (κ1) is 23.6. The van der Waals surface area contributed by atoms with E-state index in [0.717, 1.165) is 42.9 Å². The van der Waals surface area contributed by atoms with E-state index in [0.29, 0.717) is 11.1 Å². The smallest absolute Gasteiger partial charge is 0.199 e. The number of anilines is 1. The van der Waals surface area contributed by atoms with Crippen LogP contribution in [0.5, 0.6) is 0 Å². The molecule has 186 valence electrons. The van der Waals surface area contributed by atoms with Crippen molar-refractivity contribution in [2.75, 3.05) is 31.1 Å². The predicted molar refractivity (Wildman–Crippen MR) is 148 cm³/mol. The van der Waals surface area contributed by atoms with Gasteiger partial charge in [-0.2, -0.15) is 0 Å². The Morgan fingerprint density at radius 2 is 1.84 bits per heavy atom. The van der Waals surface area contributed by atoms with E-state index in [1.807, 2.05) is 0 Å². The topological polar surface area (TPSA) is 63.4 Å². The number of carbonyl (C=O) groups excluding carboxylic acids is 2.